The molecule has 0 fully saturated rings. The summed E-state index contributed by atoms with van der Waals surface area (Å²) in [6.45, 7) is 5.23. The molecule has 0 aliphatic rings. The van der Waals surface area contributed by atoms with E-state index in [2.05, 4.69) is 19.2 Å². The average molecular weight is 299 g/mol. The summed E-state index contributed by atoms with van der Waals surface area (Å²) in [6, 6.07) is 9.91. The summed E-state index contributed by atoms with van der Waals surface area (Å²) in [7, 11) is 0. The molecule has 0 saturated heterocycles. The van der Waals surface area contributed by atoms with Crippen molar-refractivity contribution in [1.82, 2.24) is 0 Å². The molecule has 1 heterocycles. The summed E-state index contributed by atoms with van der Waals surface area (Å²) >= 11 is 12.2. The predicted molar refractivity (Wildman–Crippen MR) is 79.5 cm³/mol. The third kappa shape index (κ3) is 3.75. The second-order valence-corrected chi connectivity index (χ2v) is 5.56. The van der Waals surface area contributed by atoms with Crippen LogP contribution in [0.5, 0.6) is 0 Å². The van der Waals surface area contributed by atoms with Gasteiger partial charge in [-0.2, -0.15) is 0 Å². The fraction of sp³-hybridized carbons (Fsp3) is 0.333. The number of nitrogens with two attached hydrogens (primary N) is 1. The maximum Gasteiger partial charge on any atom is 0.158 e. The maximum atomic E-state index is 6.16. The van der Waals surface area contributed by atoms with Crippen LogP contribution in [-0.4, -0.2) is 6.04 Å². The van der Waals surface area contributed by atoms with E-state index in [-0.39, 0.29) is 0 Å². The normalized spacial score (nSPS) is 12.6. The predicted octanol–water partition coefficient (Wildman–Crippen LogP) is 4.12. The number of benzene rings is 1. The highest BCUT2D eigenvalue weighted by atomic mass is 35.5. The Morgan fingerprint density at radius 3 is 2.74 bits per heavy atom. The van der Waals surface area contributed by atoms with Gasteiger partial charge in [0.1, 0.15) is 12.3 Å². The lowest BCUT2D eigenvalue weighted by atomic mass is 10.2. The van der Waals surface area contributed by atoms with Crippen LogP contribution in [0.3, 0.4) is 0 Å². The number of furan rings is 1. The summed E-state index contributed by atoms with van der Waals surface area (Å²) in [5.41, 5.74) is 0.837. The standard InChI is InChI=1S/C15H17Cl2NO/c1-3-10(2)18-9-12-5-7-15(19-12)13-8-11(16)4-6-14(13)17/h4-8,10,18H,3,9H2,1-2H3/p+1/t10-/m1/s1. The second kappa shape index (κ2) is 6.47. The molecule has 1 aromatic heterocycles. The Hall–Kier alpha value is -0.960. The molecule has 0 unspecified atom stereocenters. The van der Waals surface area contributed by atoms with E-state index in [1.54, 1.807) is 12.1 Å². The zero-order chi connectivity index (χ0) is 13.8. The van der Waals surface area contributed by atoms with Gasteiger partial charge < -0.3 is 9.73 Å². The van der Waals surface area contributed by atoms with Gasteiger partial charge in [-0.3, -0.25) is 0 Å². The van der Waals surface area contributed by atoms with E-state index in [1.807, 2.05) is 18.2 Å². The van der Waals surface area contributed by atoms with E-state index >= 15 is 0 Å². The molecule has 0 aliphatic heterocycles. The molecular formula is C15H18Cl2NO+. The van der Waals surface area contributed by atoms with E-state index < -0.39 is 0 Å². The number of hydrogen-bond donors (Lipinski definition) is 1. The lowest BCUT2D eigenvalue weighted by Gasteiger charge is -2.06. The number of quaternary nitrogens is 1. The van der Waals surface area contributed by atoms with Crippen LogP contribution in [0.2, 0.25) is 10.0 Å². The summed E-state index contributed by atoms with van der Waals surface area (Å²) in [5.74, 6) is 1.71. The highest BCUT2D eigenvalue weighted by molar-refractivity contribution is 6.35. The third-order valence-electron chi connectivity index (χ3n) is 3.22. The Labute approximate surface area is 123 Å². The lowest BCUT2D eigenvalue weighted by molar-refractivity contribution is -0.703. The van der Waals surface area contributed by atoms with Crippen molar-refractivity contribution in [2.24, 2.45) is 0 Å². The summed E-state index contributed by atoms with van der Waals surface area (Å²) in [6.07, 6.45) is 1.15. The highest BCUT2D eigenvalue weighted by Gasteiger charge is 2.11. The van der Waals surface area contributed by atoms with Crippen molar-refractivity contribution in [3.8, 4) is 11.3 Å². The zero-order valence-electron chi connectivity index (χ0n) is 11.1. The Balaban J connectivity index is 2.14. The van der Waals surface area contributed by atoms with Gasteiger partial charge in [-0.1, -0.05) is 30.1 Å². The topological polar surface area (TPSA) is 29.8 Å². The molecule has 0 saturated carbocycles. The third-order valence-corrected chi connectivity index (χ3v) is 3.79. The van der Waals surface area contributed by atoms with Gasteiger partial charge in [-0.05, 0) is 43.7 Å². The van der Waals surface area contributed by atoms with Gasteiger partial charge in [-0.15, -0.1) is 0 Å². The van der Waals surface area contributed by atoms with E-state index in [4.69, 9.17) is 27.6 Å². The molecule has 1 atom stereocenters. The molecule has 2 N–H and O–H groups in total. The highest BCUT2D eigenvalue weighted by Crippen LogP contribution is 2.31. The van der Waals surface area contributed by atoms with E-state index in [0.29, 0.717) is 16.1 Å². The molecule has 2 nitrogen and oxygen atoms in total. The lowest BCUT2D eigenvalue weighted by Crippen LogP contribution is -2.87. The Kier molecular flexibility index (Phi) is 4.92. The van der Waals surface area contributed by atoms with Gasteiger partial charge in [0.15, 0.2) is 5.76 Å². The van der Waals surface area contributed by atoms with Gasteiger partial charge in [0.2, 0.25) is 0 Å². The largest absolute Gasteiger partial charge is 0.455 e. The van der Waals surface area contributed by atoms with Crippen LogP contribution in [0.15, 0.2) is 34.7 Å². The van der Waals surface area contributed by atoms with Gasteiger partial charge >= 0.3 is 0 Å². The molecular weight excluding hydrogens is 281 g/mol. The van der Waals surface area contributed by atoms with Gasteiger partial charge in [0.25, 0.3) is 0 Å². The van der Waals surface area contributed by atoms with Crippen LogP contribution in [0.1, 0.15) is 26.0 Å². The van der Waals surface area contributed by atoms with Crippen LogP contribution in [0.25, 0.3) is 11.3 Å². The van der Waals surface area contributed by atoms with Crippen molar-refractivity contribution in [3.63, 3.8) is 0 Å². The zero-order valence-corrected chi connectivity index (χ0v) is 12.6. The van der Waals surface area contributed by atoms with Crippen molar-refractivity contribution >= 4 is 23.2 Å². The molecule has 102 valence electrons. The first-order chi connectivity index (χ1) is 9.10. The molecule has 0 bridgehead atoms. The number of rotatable bonds is 5. The smallest absolute Gasteiger partial charge is 0.158 e. The summed E-state index contributed by atoms with van der Waals surface area (Å²) in [4.78, 5) is 0. The van der Waals surface area contributed by atoms with Gasteiger partial charge in [0.05, 0.1) is 11.1 Å². The van der Waals surface area contributed by atoms with Crippen molar-refractivity contribution < 1.29 is 9.73 Å². The molecule has 4 heteroatoms. The van der Waals surface area contributed by atoms with Crippen LogP contribution in [0.4, 0.5) is 0 Å². The molecule has 1 aromatic carbocycles. The molecule has 0 spiro atoms. The Morgan fingerprint density at radius 1 is 1.21 bits per heavy atom. The molecule has 0 aliphatic carbocycles. The monoisotopic (exact) mass is 298 g/mol. The molecule has 2 aromatic rings. The summed E-state index contributed by atoms with van der Waals surface area (Å²) < 4.78 is 5.83. The Morgan fingerprint density at radius 2 is 2.00 bits per heavy atom. The van der Waals surface area contributed by atoms with Crippen molar-refractivity contribution in [3.05, 3.63) is 46.1 Å². The quantitative estimate of drug-likeness (QED) is 0.884. The minimum Gasteiger partial charge on any atom is -0.455 e. The first kappa shape index (κ1) is 14.4. The fourth-order valence-corrected chi connectivity index (χ4v) is 2.19. The van der Waals surface area contributed by atoms with Crippen molar-refractivity contribution in [2.45, 2.75) is 32.9 Å². The van der Waals surface area contributed by atoms with Gasteiger partial charge in [-0.25, -0.2) is 0 Å². The molecule has 19 heavy (non-hydrogen) atoms. The maximum absolute atomic E-state index is 6.16. The van der Waals surface area contributed by atoms with E-state index in [0.717, 1.165) is 30.0 Å². The number of hydrogen-bond acceptors (Lipinski definition) is 1. The molecule has 0 radical (unpaired) electrons. The second-order valence-electron chi connectivity index (χ2n) is 4.72. The van der Waals surface area contributed by atoms with E-state index in [1.165, 1.54) is 0 Å². The van der Waals surface area contributed by atoms with Crippen molar-refractivity contribution in [1.29, 1.82) is 0 Å². The average Bonchev–Trinajstić information content (AvgIpc) is 2.87. The van der Waals surface area contributed by atoms with Crippen LogP contribution in [-0.2, 0) is 6.54 Å². The van der Waals surface area contributed by atoms with Crippen molar-refractivity contribution in [2.75, 3.05) is 0 Å². The SMILES string of the molecule is CC[C@@H](C)[NH2+]Cc1ccc(-c2cc(Cl)ccc2Cl)o1. The van der Waals surface area contributed by atoms with Crippen LogP contribution < -0.4 is 5.32 Å². The minimum absolute atomic E-state index is 0.600. The van der Waals surface area contributed by atoms with Gasteiger partial charge in [0, 0.05) is 10.6 Å². The molecule has 0 amide bonds. The first-order valence-corrected chi connectivity index (χ1v) is 7.23. The Bertz CT molecular complexity index is 551. The van der Waals surface area contributed by atoms with Crippen LogP contribution >= 0.6 is 23.2 Å². The fourth-order valence-electron chi connectivity index (χ4n) is 1.80. The van der Waals surface area contributed by atoms with Crippen LogP contribution in [0, 0.1) is 0 Å². The minimum atomic E-state index is 0.600. The first-order valence-electron chi connectivity index (χ1n) is 6.47. The number of halogens is 2. The van der Waals surface area contributed by atoms with E-state index in [9.17, 15) is 0 Å². The summed E-state index contributed by atoms with van der Waals surface area (Å²) in [5, 5.41) is 3.57. The molecule has 2 rings (SSSR count).